The molecule has 1 aliphatic rings. The summed E-state index contributed by atoms with van der Waals surface area (Å²) in [6.07, 6.45) is 4.42. The first kappa shape index (κ1) is 21.8. The molecule has 0 amide bonds. The van der Waals surface area contributed by atoms with Crippen LogP contribution in [0, 0.1) is 0 Å². The molecule has 2 N–H and O–H groups in total. The van der Waals surface area contributed by atoms with Crippen LogP contribution in [-0.2, 0) is 6.54 Å². The Balaban J connectivity index is 0.00000261. The summed E-state index contributed by atoms with van der Waals surface area (Å²) in [6.45, 7) is 8.78. The van der Waals surface area contributed by atoms with Crippen LogP contribution in [0.1, 0.15) is 30.2 Å². The molecule has 27 heavy (non-hydrogen) atoms. The van der Waals surface area contributed by atoms with Crippen molar-refractivity contribution in [1.29, 1.82) is 0 Å². The van der Waals surface area contributed by atoms with Crippen LogP contribution in [-0.4, -0.2) is 32.1 Å². The van der Waals surface area contributed by atoms with Crippen molar-refractivity contribution in [1.82, 2.24) is 10.6 Å². The Hall–Kier alpha value is -1.54. The third-order valence-corrected chi connectivity index (χ3v) is 5.59. The first-order chi connectivity index (χ1) is 12.8. The van der Waals surface area contributed by atoms with Crippen LogP contribution in [0.2, 0.25) is 0 Å². The Kier molecular flexibility index (Phi) is 9.14. The number of hydrogen-bond acceptors (Lipinski definition) is 3. The Morgan fingerprint density at radius 2 is 1.89 bits per heavy atom. The van der Waals surface area contributed by atoms with E-state index in [9.17, 15) is 0 Å². The van der Waals surface area contributed by atoms with Gasteiger partial charge in [-0.2, -0.15) is 0 Å². The fraction of sp³-hybridized carbons (Fsp3) is 0.381. The summed E-state index contributed by atoms with van der Waals surface area (Å²) in [4.78, 5) is 8.49. The molecule has 0 radical (unpaired) electrons. The number of thiophene rings is 1. The van der Waals surface area contributed by atoms with Crippen molar-refractivity contribution in [2.45, 2.75) is 26.3 Å². The van der Waals surface area contributed by atoms with E-state index in [1.54, 1.807) is 0 Å². The summed E-state index contributed by atoms with van der Waals surface area (Å²) < 4.78 is 0. The Morgan fingerprint density at radius 3 is 2.52 bits per heavy atom. The second kappa shape index (κ2) is 11.3. The molecule has 1 aromatic carbocycles. The molecule has 3 rings (SSSR count). The van der Waals surface area contributed by atoms with Crippen LogP contribution in [0.3, 0.4) is 0 Å². The zero-order valence-corrected chi connectivity index (χ0v) is 19.2. The van der Waals surface area contributed by atoms with E-state index in [0.29, 0.717) is 12.5 Å². The summed E-state index contributed by atoms with van der Waals surface area (Å²) in [5, 5.41) is 8.93. The van der Waals surface area contributed by atoms with Gasteiger partial charge in [-0.05, 0) is 36.1 Å². The maximum absolute atomic E-state index is 4.74. The molecular formula is C21H29IN4S. The van der Waals surface area contributed by atoms with Crippen molar-refractivity contribution in [3.05, 3.63) is 64.4 Å². The second-order valence-corrected chi connectivity index (χ2v) is 7.51. The number of hydrogen-bond donors (Lipinski definition) is 2. The lowest BCUT2D eigenvalue weighted by Gasteiger charge is -2.18. The van der Waals surface area contributed by atoms with Gasteiger partial charge in [-0.15, -0.1) is 35.3 Å². The molecule has 1 aromatic heterocycles. The summed E-state index contributed by atoms with van der Waals surface area (Å²) in [6, 6.07) is 13.0. The number of guanidine groups is 1. The van der Waals surface area contributed by atoms with Crippen LogP contribution in [0.25, 0.3) is 0 Å². The molecule has 0 fully saturated rings. The molecule has 1 unspecified atom stereocenters. The van der Waals surface area contributed by atoms with E-state index in [2.05, 4.69) is 83.3 Å². The summed E-state index contributed by atoms with van der Waals surface area (Å²) in [5.41, 5.74) is 2.50. The van der Waals surface area contributed by atoms with Crippen molar-refractivity contribution < 1.29 is 0 Å². The van der Waals surface area contributed by atoms with Gasteiger partial charge in [0.25, 0.3) is 0 Å². The number of anilines is 1. The Labute approximate surface area is 183 Å². The normalized spacial score (nSPS) is 14.7. The molecule has 2 aromatic rings. The predicted molar refractivity (Wildman–Crippen MR) is 129 cm³/mol. The highest BCUT2D eigenvalue weighted by molar-refractivity contribution is 14.0. The van der Waals surface area contributed by atoms with Crippen molar-refractivity contribution in [3.63, 3.8) is 0 Å². The van der Waals surface area contributed by atoms with Gasteiger partial charge in [0, 0.05) is 42.7 Å². The van der Waals surface area contributed by atoms with Crippen molar-refractivity contribution >= 4 is 47.0 Å². The highest BCUT2D eigenvalue weighted by atomic mass is 127. The number of nitrogens with one attached hydrogen (secondary N) is 2. The van der Waals surface area contributed by atoms with Gasteiger partial charge in [-0.25, -0.2) is 4.99 Å². The van der Waals surface area contributed by atoms with Gasteiger partial charge < -0.3 is 15.5 Å². The molecule has 4 nitrogen and oxygen atoms in total. The zero-order chi connectivity index (χ0) is 18.2. The molecular weight excluding hydrogens is 467 g/mol. The predicted octanol–water partition coefficient (Wildman–Crippen LogP) is 4.60. The van der Waals surface area contributed by atoms with Crippen LogP contribution in [0.4, 0.5) is 5.69 Å². The van der Waals surface area contributed by atoms with Crippen LogP contribution in [0.15, 0.2) is 58.9 Å². The maximum Gasteiger partial charge on any atom is 0.191 e. The third kappa shape index (κ3) is 6.53. The molecule has 146 valence electrons. The van der Waals surface area contributed by atoms with Crippen molar-refractivity contribution in [3.8, 4) is 0 Å². The molecule has 0 saturated heterocycles. The average molecular weight is 496 g/mol. The van der Waals surface area contributed by atoms with Crippen molar-refractivity contribution in [2.24, 2.45) is 4.99 Å². The minimum absolute atomic E-state index is 0. The number of nitrogens with zero attached hydrogens (tertiary/aromatic N) is 2. The lowest BCUT2D eigenvalue weighted by atomic mass is 10.1. The number of aliphatic imine (C=N–C) groups is 1. The van der Waals surface area contributed by atoms with E-state index >= 15 is 0 Å². The topological polar surface area (TPSA) is 39.7 Å². The minimum Gasteiger partial charge on any atom is -0.364 e. The van der Waals surface area contributed by atoms with Crippen LogP contribution < -0.4 is 15.5 Å². The third-order valence-electron chi connectivity index (χ3n) is 4.49. The van der Waals surface area contributed by atoms with Gasteiger partial charge in [-0.3, -0.25) is 0 Å². The first-order valence-corrected chi connectivity index (χ1v) is 10.2. The molecule has 0 aliphatic carbocycles. The van der Waals surface area contributed by atoms with E-state index in [0.717, 1.165) is 32.1 Å². The quantitative estimate of drug-likeness (QED) is 0.255. The first-order valence-electron chi connectivity index (χ1n) is 9.30. The zero-order valence-electron chi connectivity index (χ0n) is 16.0. The van der Waals surface area contributed by atoms with Crippen LogP contribution >= 0.6 is 35.3 Å². The maximum atomic E-state index is 4.74. The van der Waals surface area contributed by atoms with Gasteiger partial charge >= 0.3 is 0 Å². The largest absolute Gasteiger partial charge is 0.364 e. The lowest BCUT2D eigenvalue weighted by molar-refractivity contribution is 0.709. The molecule has 1 atom stereocenters. The molecule has 2 heterocycles. The monoisotopic (exact) mass is 496 g/mol. The molecule has 1 aliphatic heterocycles. The van der Waals surface area contributed by atoms with Crippen LogP contribution in [0.5, 0.6) is 0 Å². The molecule has 0 saturated carbocycles. The lowest BCUT2D eigenvalue weighted by Crippen LogP contribution is -2.39. The van der Waals surface area contributed by atoms with E-state index in [1.807, 2.05) is 11.3 Å². The van der Waals surface area contributed by atoms with Gasteiger partial charge in [0.05, 0.1) is 6.54 Å². The van der Waals surface area contributed by atoms with Crippen molar-refractivity contribution in [2.75, 3.05) is 31.1 Å². The average Bonchev–Trinajstić information content (AvgIpc) is 3.38. The smallest absolute Gasteiger partial charge is 0.191 e. The Morgan fingerprint density at radius 1 is 1.15 bits per heavy atom. The molecule has 6 heteroatoms. The summed E-state index contributed by atoms with van der Waals surface area (Å²) in [5.74, 6) is 1.36. The fourth-order valence-corrected chi connectivity index (χ4v) is 3.72. The van der Waals surface area contributed by atoms with Gasteiger partial charge in [-0.1, -0.05) is 37.3 Å². The highest BCUT2D eigenvalue weighted by Crippen LogP contribution is 2.20. The standard InChI is InChI=1S/C21H28N4S.HI/c1-3-22-21(23-15-17(2)20-7-6-14-26-20)24-16-18-8-10-19(11-9-18)25-12-4-5-13-25;/h4-11,14,17H,3,12-13,15-16H2,1-2H3,(H2,22,23,24);1H. The molecule has 0 spiro atoms. The molecule has 0 bridgehead atoms. The van der Waals surface area contributed by atoms with E-state index in [-0.39, 0.29) is 24.0 Å². The summed E-state index contributed by atoms with van der Waals surface area (Å²) >= 11 is 1.81. The van der Waals surface area contributed by atoms with Gasteiger partial charge in [0.15, 0.2) is 5.96 Å². The number of halogens is 1. The van der Waals surface area contributed by atoms with E-state index in [1.165, 1.54) is 16.1 Å². The number of benzene rings is 1. The van der Waals surface area contributed by atoms with E-state index in [4.69, 9.17) is 4.99 Å². The van der Waals surface area contributed by atoms with Gasteiger partial charge in [0.1, 0.15) is 0 Å². The fourth-order valence-electron chi connectivity index (χ4n) is 2.94. The number of rotatable bonds is 7. The Bertz CT molecular complexity index is 717. The highest BCUT2D eigenvalue weighted by Gasteiger charge is 2.08. The van der Waals surface area contributed by atoms with Gasteiger partial charge in [0.2, 0.25) is 0 Å². The SMILES string of the molecule is CCNC(=NCc1ccc(N2CC=CC2)cc1)NCC(C)c1cccs1.I. The van der Waals surface area contributed by atoms with E-state index < -0.39 is 0 Å². The second-order valence-electron chi connectivity index (χ2n) is 6.54. The summed E-state index contributed by atoms with van der Waals surface area (Å²) in [7, 11) is 0. The minimum atomic E-state index is 0.